The zero-order valence-electron chi connectivity index (χ0n) is 16.9. The number of urea groups is 1. The third kappa shape index (κ3) is 3.79. The third-order valence-electron chi connectivity index (χ3n) is 4.95. The van der Waals surface area contributed by atoms with Crippen LogP contribution in [0.1, 0.15) is 10.4 Å². The summed E-state index contributed by atoms with van der Waals surface area (Å²) >= 11 is 0. The Morgan fingerprint density at radius 1 is 1.03 bits per heavy atom. The topological polar surface area (TPSA) is 117 Å². The first-order chi connectivity index (χ1) is 15.5. The minimum atomic E-state index is -1.41. The first-order valence-corrected chi connectivity index (χ1v) is 9.64. The molecule has 0 bridgehead atoms. The van der Waals surface area contributed by atoms with E-state index in [1.54, 1.807) is 30.3 Å². The van der Waals surface area contributed by atoms with Crippen LogP contribution in [0.15, 0.2) is 71.8 Å². The Balaban J connectivity index is 1.55. The number of carbonyl (C=O) groups excluding carboxylic acids is 4. The van der Waals surface area contributed by atoms with Gasteiger partial charge in [-0.2, -0.15) is 5.10 Å². The van der Waals surface area contributed by atoms with Crippen molar-refractivity contribution in [1.82, 2.24) is 10.7 Å². The van der Waals surface area contributed by atoms with Gasteiger partial charge in [-0.25, -0.2) is 15.1 Å². The molecule has 1 aliphatic rings. The molecule has 3 aromatic carbocycles. The molecule has 5 amide bonds. The molecule has 0 spiro atoms. The van der Waals surface area contributed by atoms with Crippen LogP contribution in [0.4, 0.5) is 10.5 Å². The normalized spacial score (nSPS) is 16.3. The second kappa shape index (κ2) is 8.68. The number of hydrogen-bond acceptors (Lipinski definition) is 6. The van der Waals surface area contributed by atoms with Crippen molar-refractivity contribution < 1.29 is 23.9 Å². The van der Waals surface area contributed by atoms with Gasteiger partial charge in [-0.1, -0.05) is 48.5 Å². The van der Waals surface area contributed by atoms with Crippen LogP contribution in [-0.4, -0.2) is 37.1 Å². The Labute approximate surface area is 182 Å². The largest absolute Gasteiger partial charge is 0.495 e. The molecule has 2 N–H and O–H groups in total. The molecular weight excluding hydrogens is 412 g/mol. The standard InChI is InChI=1S/C23H18N4O5/c1-32-19-12-5-4-11-18(19)27-22(30)17(20(28)25-23(27)31)13-24-26-21(29)16-10-6-8-14-7-2-3-9-15(14)16/h2-13,17H,1H3,(H,26,29)(H,25,28,31)/b24-13-/t17-/m0/s1. The summed E-state index contributed by atoms with van der Waals surface area (Å²) in [6, 6.07) is 18.2. The monoisotopic (exact) mass is 430 g/mol. The number of carbonyl (C=O) groups is 4. The average molecular weight is 430 g/mol. The number of fused-ring (bicyclic) bond motifs is 1. The van der Waals surface area contributed by atoms with Crippen molar-refractivity contribution in [3.63, 3.8) is 0 Å². The molecule has 1 saturated heterocycles. The van der Waals surface area contributed by atoms with Gasteiger partial charge in [0.15, 0.2) is 5.92 Å². The third-order valence-corrected chi connectivity index (χ3v) is 4.95. The van der Waals surface area contributed by atoms with Crippen LogP contribution in [0.2, 0.25) is 0 Å². The molecule has 4 rings (SSSR count). The number of imide groups is 2. The van der Waals surface area contributed by atoms with Gasteiger partial charge < -0.3 is 4.74 Å². The number of nitrogens with zero attached hydrogens (tertiary/aromatic N) is 2. The van der Waals surface area contributed by atoms with Crippen LogP contribution in [0.3, 0.4) is 0 Å². The zero-order valence-corrected chi connectivity index (χ0v) is 16.9. The number of anilines is 1. The number of nitrogens with one attached hydrogen (secondary N) is 2. The van der Waals surface area contributed by atoms with Gasteiger partial charge >= 0.3 is 6.03 Å². The fraction of sp³-hybridized carbons (Fsp3) is 0.0870. The molecule has 9 nitrogen and oxygen atoms in total. The number of barbiturate groups is 1. The van der Waals surface area contributed by atoms with E-state index in [-0.39, 0.29) is 11.4 Å². The maximum atomic E-state index is 12.9. The number of amides is 5. The Kier molecular flexibility index (Phi) is 5.63. The second-order valence-corrected chi connectivity index (χ2v) is 6.86. The molecule has 0 aliphatic carbocycles. The van der Waals surface area contributed by atoms with Gasteiger partial charge in [-0.05, 0) is 29.0 Å². The van der Waals surface area contributed by atoms with Gasteiger partial charge in [-0.15, -0.1) is 0 Å². The van der Waals surface area contributed by atoms with Crippen molar-refractivity contribution in [2.24, 2.45) is 11.0 Å². The van der Waals surface area contributed by atoms with Gasteiger partial charge in [0.2, 0.25) is 5.91 Å². The highest BCUT2D eigenvalue weighted by Crippen LogP contribution is 2.30. The van der Waals surface area contributed by atoms with Crippen molar-refractivity contribution in [3.8, 4) is 5.75 Å². The Bertz CT molecular complexity index is 1260. The number of hydrogen-bond donors (Lipinski definition) is 2. The van der Waals surface area contributed by atoms with Crippen LogP contribution < -0.4 is 20.4 Å². The van der Waals surface area contributed by atoms with E-state index in [1.807, 2.05) is 30.3 Å². The van der Waals surface area contributed by atoms with E-state index in [0.29, 0.717) is 5.56 Å². The van der Waals surface area contributed by atoms with Crippen LogP contribution in [-0.2, 0) is 9.59 Å². The van der Waals surface area contributed by atoms with Crippen LogP contribution in [0.5, 0.6) is 5.75 Å². The summed E-state index contributed by atoms with van der Waals surface area (Å²) in [5.74, 6) is -3.28. The van der Waals surface area contributed by atoms with Crippen molar-refractivity contribution in [2.45, 2.75) is 0 Å². The van der Waals surface area contributed by atoms with E-state index in [4.69, 9.17) is 4.74 Å². The molecule has 0 aromatic heterocycles. The lowest BCUT2D eigenvalue weighted by atomic mass is 10.0. The number of para-hydroxylation sites is 2. The lowest BCUT2D eigenvalue weighted by Gasteiger charge is -2.29. The number of hydrazone groups is 1. The summed E-state index contributed by atoms with van der Waals surface area (Å²) in [6.45, 7) is 0. The summed E-state index contributed by atoms with van der Waals surface area (Å²) in [5.41, 5.74) is 2.92. The molecule has 1 aliphatic heterocycles. The van der Waals surface area contributed by atoms with E-state index in [2.05, 4.69) is 15.8 Å². The van der Waals surface area contributed by atoms with Crippen LogP contribution in [0.25, 0.3) is 10.8 Å². The van der Waals surface area contributed by atoms with E-state index >= 15 is 0 Å². The quantitative estimate of drug-likeness (QED) is 0.366. The molecule has 1 fully saturated rings. The highest BCUT2D eigenvalue weighted by Gasteiger charge is 2.41. The van der Waals surface area contributed by atoms with E-state index in [1.165, 1.54) is 13.2 Å². The lowest BCUT2D eigenvalue weighted by molar-refractivity contribution is -0.131. The Morgan fingerprint density at radius 3 is 2.56 bits per heavy atom. The number of rotatable bonds is 5. The molecule has 0 saturated carbocycles. The minimum Gasteiger partial charge on any atom is -0.495 e. The van der Waals surface area contributed by atoms with Crippen molar-refractivity contribution in [2.75, 3.05) is 12.0 Å². The highest BCUT2D eigenvalue weighted by atomic mass is 16.5. The minimum absolute atomic E-state index is 0.184. The fourth-order valence-corrected chi connectivity index (χ4v) is 3.42. The van der Waals surface area contributed by atoms with Gasteiger partial charge in [0.05, 0.1) is 12.8 Å². The van der Waals surface area contributed by atoms with E-state index < -0.39 is 29.7 Å². The summed E-state index contributed by atoms with van der Waals surface area (Å²) in [4.78, 5) is 50.9. The molecule has 32 heavy (non-hydrogen) atoms. The second-order valence-electron chi connectivity index (χ2n) is 6.86. The molecule has 160 valence electrons. The molecule has 9 heteroatoms. The number of methoxy groups -OCH3 is 1. The van der Waals surface area contributed by atoms with Crippen molar-refractivity contribution >= 4 is 46.4 Å². The Morgan fingerprint density at radius 2 is 1.75 bits per heavy atom. The summed E-state index contributed by atoms with van der Waals surface area (Å²) in [7, 11) is 1.40. The van der Waals surface area contributed by atoms with Gasteiger partial charge in [0.1, 0.15) is 5.75 Å². The Hall–Kier alpha value is -4.53. The SMILES string of the molecule is COc1ccccc1N1C(=O)NC(=O)[C@H](/C=N\NC(=O)c2cccc3ccccc23)C1=O. The molecule has 1 atom stereocenters. The molecule has 1 heterocycles. The summed E-state index contributed by atoms with van der Waals surface area (Å²) < 4.78 is 5.20. The molecule has 0 radical (unpaired) electrons. The zero-order chi connectivity index (χ0) is 22.7. The van der Waals surface area contributed by atoms with Crippen LogP contribution >= 0.6 is 0 Å². The van der Waals surface area contributed by atoms with Gasteiger partial charge in [0.25, 0.3) is 11.8 Å². The van der Waals surface area contributed by atoms with Crippen molar-refractivity contribution in [3.05, 3.63) is 72.3 Å². The average Bonchev–Trinajstić information content (AvgIpc) is 2.80. The summed E-state index contributed by atoms with van der Waals surface area (Å²) in [5, 5.41) is 7.54. The first-order valence-electron chi connectivity index (χ1n) is 9.64. The number of benzene rings is 3. The smallest absolute Gasteiger partial charge is 0.335 e. The fourth-order valence-electron chi connectivity index (χ4n) is 3.42. The van der Waals surface area contributed by atoms with Crippen LogP contribution in [0, 0.1) is 5.92 Å². The molecular formula is C23H18N4O5. The van der Waals surface area contributed by atoms with Crippen molar-refractivity contribution in [1.29, 1.82) is 0 Å². The maximum absolute atomic E-state index is 12.9. The lowest BCUT2D eigenvalue weighted by Crippen LogP contribution is -2.58. The molecule has 3 aromatic rings. The predicted octanol–water partition coefficient (Wildman–Crippen LogP) is 2.46. The van der Waals surface area contributed by atoms with Gasteiger partial charge in [-0.3, -0.25) is 19.7 Å². The first kappa shape index (κ1) is 20.7. The summed E-state index contributed by atoms with van der Waals surface area (Å²) in [6.07, 6.45) is 0.996. The van der Waals surface area contributed by atoms with E-state index in [0.717, 1.165) is 21.9 Å². The predicted molar refractivity (Wildman–Crippen MR) is 117 cm³/mol. The number of ether oxygens (including phenoxy) is 1. The highest BCUT2D eigenvalue weighted by molar-refractivity contribution is 6.33. The maximum Gasteiger partial charge on any atom is 0.335 e. The van der Waals surface area contributed by atoms with E-state index in [9.17, 15) is 19.2 Å². The molecule has 0 unspecified atom stereocenters. The van der Waals surface area contributed by atoms with Gasteiger partial charge in [0, 0.05) is 11.8 Å².